The summed E-state index contributed by atoms with van der Waals surface area (Å²) < 4.78 is 29.6. The number of thiol groups is 1. The van der Waals surface area contributed by atoms with Gasteiger partial charge >= 0.3 is 5.97 Å². The van der Waals surface area contributed by atoms with Crippen LogP contribution < -0.4 is 0 Å². The minimum absolute atomic E-state index is 0.0338. The zero-order valence-corrected chi connectivity index (χ0v) is 9.09. The molecule has 1 rings (SSSR count). The number of carbonyl (C=O) groups is 1. The van der Waals surface area contributed by atoms with E-state index in [0.717, 1.165) is 13.2 Å². The molecule has 0 N–H and O–H groups in total. The highest BCUT2D eigenvalue weighted by molar-refractivity contribution is 7.80. The summed E-state index contributed by atoms with van der Waals surface area (Å²) in [5.41, 5.74) is -0.628. The zero-order valence-electron chi connectivity index (χ0n) is 8.20. The Morgan fingerprint density at radius 3 is 2.62 bits per heavy atom. The minimum atomic E-state index is -2.80. The van der Waals surface area contributed by atoms with Crippen LogP contribution in [0.3, 0.4) is 0 Å². The topological polar surface area (TPSA) is 50.1 Å². The molecule has 0 aliphatic carbocycles. The van der Waals surface area contributed by atoms with Crippen molar-refractivity contribution in [2.45, 2.75) is 11.3 Å². The van der Waals surface area contributed by atoms with Gasteiger partial charge in [0.1, 0.15) is 0 Å². The van der Waals surface area contributed by atoms with E-state index in [0.29, 0.717) is 0 Å². The van der Waals surface area contributed by atoms with Gasteiger partial charge < -0.3 is 4.74 Å². The van der Waals surface area contributed by atoms with Crippen LogP contribution in [-0.2, 0) is 4.74 Å². The first-order valence-electron chi connectivity index (χ1n) is 4.14. The smallest absolute Gasteiger partial charge is 0.339 e. The number of methoxy groups -OCH3 is 1. The van der Waals surface area contributed by atoms with Crippen molar-refractivity contribution < 1.29 is 18.3 Å². The summed E-state index contributed by atoms with van der Waals surface area (Å²) >= 11 is 3.84. The SMILES string of the molecule is COC(=O)c1cc(C#N)cc(C(F)F)c1S. The van der Waals surface area contributed by atoms with Gasteiger partial charge in [0.15, 0.2) is 0 Å². The molecule has 0 amide bonds. The fraction of sp³-hybridized carbons (Fsp3) is 0.200. The molecule has 1 aromatic carbocycles. The van der Waals surface area contributed by atoms with Gasteiger partial charge in [-0.3, -0.25) is 0 Å². The monoisotopic (exact) mass is 243 g/mol. The van der Waals surface area contributed by atoms with E-state index in [1.807, 2.05) is 0 Å². The first kappa shape index (κ1) is 12.5. The van der Waals surface area contributed by atoms with Gasteiger partial charge in [-0.05, 0) is 12.1 Å². The molecule has 0 aliphatic rings. The summed E-state index contributed by atoms with van der Waals surface area (Å²) in [5.74, 6) is -0.802. The lowest BCUT2D eigenvalue weighted by Crippen LogP contribution is -2.05. The van der Waals surface area contributed by atoms with Gasteiger partial charge in [0.25, 0.3) is 6.43 Å². The molecule has 0 saturated carbocycles. The van der Waals surface area contributed by atoms with E-state index in [-0.39, 0.29) is 16.0 Å². The maximum absolute atomic E-state index is 12.6. The van der Waals surface area contributed by atoms with E-state index in [9.17, 15) is 13.6 Å². The maximum Gasteiger partial charge on any atom is 0.339 e. The van der Waals surface area contributed by atoms with Crippen LogP contribution in [0, 0.1) is 11.3 Å². The molecule has 0 radical (unpaired) electrons. The van der Waals surface area contributed by atoms with Crippen LogP contribution >= 0.6 is 12.6 Å². The van der Waals surface area contributed by atoms with E-state index < -0.39 is 18.0 Å². The maximum atomic E-state index is 12.6. The lowest BCUT2D eigenvalue weighted by Gasteiger charge is -2.09. The number of carbonyl (C=O) groups excluding carboxylic acids is 1. The molecule has 0 aromatic heterocycles. The summed E-state index contributed by atoms with van der Waals surface area (Å²) in [4.78, 5) is 11.1. The van der Waals surface area contributed by atoms with Gasteiger partial charge in [-0.2, -0.15) is 5.26 Å². The van der Waals surface area contributed by atoms with Crippen LogP contribution in [0.5, 0.6) is 0 Å². The highest BCUT2D eigenvalue weighted by Crippen LogP contribution is 2.30. The van der Waals surface area contributed by atoms with Crippen molar-refractivity contribution in [3.05, 3.63) is 28.8 Å². The second kappa shape index (κ2) is 4.94. The molecule has 0 spiro atoms. The van der Waals surface area contributed by atoms with Crippen molar-refractivity contribution in [3.63, 3.8) is 0 Å². The Morgan fingerprint density at radius 1 is 1.56 bits per heavy atom. The molecule has 0 atom stereocenters. The van der Waals surface area contributed by atoms with Gasteiger partial charge in [0.2, 0.25) is 0 Å². The summed E-state index contributed by atoms with van der Waals surface area (Å²) in [7, 11) is 1.12. The molecular weight excluding hydrogens is 236 g/mol. The van der Waals surface area contributed by atoms with Crippen LogP contribution in [0.2, 0.25) is 0 Å². The summed E-state index contributed by atoms with van der Waals surface area (Å²) in [6.07, 6.45) is -2.80. The molecule has 0 fully saturated rings. The second-order valence-corrected chi connectivity index (χ2v) is 3.31. The standard InChI is InChI=1S/C10H7F2NO2S/c1-15-10(14)7-3-5(4-13)2-6(8(7)16)9(11)12/h2-3,9,16H,1H3. The Hall–Kier alpha value is -1.61. The van der Waals surface area contributed by atoms with E-state index in [2.05, 4.69) is 17.4 Å². The van der Waals surface area contributed by atoms with E-state index >= 15 is 0 Å². The van der Waals surface area contributed by atoms with Crippen LogP contribution in [-0.4, -0.2) is 13.1 Å². The van der Waals surface area contributed by atoms with Crippen molar-refractivity contribution in [1.29, 1.82) is 5.26 Å². The number of alkyl halides is 2. The second-order valence-electron chi connectivity index (χ2n) is 2.87. The van der Waals surface area contributed by atoms with Crippen molar-refractivity contribution in [3.8, 4) is 6.07 Å². The van der Waals surface area contributed by atoms with Gasteiger partial charge in [-0.15, -0.1) is 12.6 Å². The lowest BCUT2D eigenvalue weighted by molar-refractivity contribution is 0.0595. The van der Waals surface area contributed by atoms with E-state index in [1.165, 1.54) is 6.07 Å². The molecule has 0 saturated heterocycles. The van der Waals surface area contributed by atoms with Gasteiger partial charge in [-0.1, -0.05) is 0 Å². The fourth-order valence-corrected chi connectivity index (χ4v) is 1.47. The number of ether oxygens (including phenoxy) is 1. The van der Waals surface area contributed by atoms with Crippen molar-refractivity contribution >= 4 is 18.6 Å². The number of rotatable bonds is 2. The number of hydrogen-bond donors (Lipinski definition) is 1. The Bertz CT molecular complexity index is 469. The molecule has 1 aromatic rings. The number of nitrogens with zero attached hydrogens (tertiary/aromatic N) is 1. The minimum Gasteiger partial charge on any atom is -0.465 e. The molecule has 6 heteroatoms. The third-order valence-corrected chi connectivity index (χ3v) is 2.41. The summed E-state index contributed by atoms with van der Waals surface area (Å²) in [6.45, 7) is 0. The third-order valence-electron chi connectivity index (χ3n) is 1.91. The number of hydrogen-bond acceptors (Lipinski definition) is 4. The Kier molecular flexibility index (Phi) is 3.85. The molecule has 0 aliphatic heterocycles. The molecule has 0 bridgehead atoms. The van der Waals surface area contributed by atoms with Crippen LogP contribution in [0.15, 0.2) is 17.0 Å². The number of halogens is 2. The predicted octanol–water partition coefficient (Wildman–Crippen LogP) is 2.57. The Labute approximate surface area is 96.0 Å². The average Bonchev–Trinajstić information content (AvgIpc) is 2.28. The Morgan fingerprint density at radius 2 is 2.19 bits per heavy atom. The van der Waals surface area contributed by atoms with Crippen LogP contribution in [0.25, 0.3) is 0 Å². The molecule has 0 heterocycles. The van der Waals surface area contributed by atoms with Gasteiger partial charge in [0.05, 0.1) is 24.3 Å². The Balaban J connectivity index is 3.44. The molecular formula is C10H7F2NO2S. The normalized spacial score (nSPS) is 10.0. The molecule has 84 valence electrons. The summed E-state index contributed by atoms with van der Waals surface area (Å²) in [5, 5.41) is 8.64. The zero-order chi connectivity index (χ0) is 12.3. The first-order chi connectivity index (χ1) is 7.51. The fourth-order valence-electron chi connectivity index (χ4n) is 1.15. The number of esters is 1. The van der Waals surface area contributed by atoms with Crippen molar-refractivity contribution in [1.82, 2.24) is 0 Å². The van der Waals surface area contributed by atoms with Gasteiger partial charge in [-0.25, -0.2) is 13.6 Å². The highest BCUT2D eigenvalue weighted by Gasteiger charge is 2.20. The van der Waals surface area contributed by atoms with Crippen LogP contribution in [0.4, 0.5) is 8.78 Å². The predicted molar refractivity (Wildman–Crippen MR) is 54.7 cm³/mol. The molecule has 16 heavy (non-hydrogen) atoms. The number of benzene rings is 1. The van der Waals surface area contributed by atoms with Crippen molar-refractivity contribution in [2.75, 3.05) is 7.11 Å². The average molecular weight is 243 g/mol. The lowest BCUT2D eigenvalue weighted by atomic mass is 10.1. The largest absolute Gasteiger partial charge is 0.465 e. The first-order valence-corrected chi connectivity index (χ1v) is 4.59. The highest BCUT2D eigenvalue weighted by atomic mass is 32.1. The number of nitriles is 1. The van der Waals surface area contributed by atoms with Crippen molar-refractivity contribution in [2.24, 2.45) is 0 Å². The van der Waals surface area contributed by atoms with E-state index in [4.69, 9.17) is 5.26 Å². The van der Waals surface area contributed by atoms with Crippen LogP contribution in [0.1, 0.15) is 27.9 Å². The third kappa shape index (κ3) is 2.31. The molecule has 0 unspecified atom stereocenters. The quantitative estimate of drug-likeness (QED) is 0.641. The van der Waals surface area contributed by atoms with E-state index in [1.54, 1.807) is 6.07 Å². The molecule has 3 nitrogen and oxygen atoms in total. The van der Waals surface area contributed by atoms with Gasteiger partial charge in [0, 0.05) is 10.5 Å². The summed E-state index contributed by atoms with van der Waals surface area (Å²) in [6, 6.07) is 3.86.